The van der Waals surface area contributed by atoms with E-state index in [0.717, 1.165) is 12.8 Å². The van der Waals surface area contributed by atoms with E-state index >= 15 is 0 Å². The fraction of sp³-hybridized carbons (Fsp3) is 0.880. The van der Waals surface area contributed by atoms with Crippen molar-refractivity contribution in [3.8, 4) is 0 Å². The average molecular weight is 454 g/mol. The molecule has 1 saturated heterocycles. The second-order valence-corrected chi connectivity index (χ2v) is 10.2. The van der Waals surface area contributed by atoms with Gasteiger partial charge in [-0.1, -0.05) is 79.6 Å². The molecule has 1 aliphatic heterocycles. The quantitative estimate of drug-likeness (QED) is 0.225. The Morgan fingerprint density at radius 2 is 1.47 bits per heavy atom. The number of unbranched alkanes of at least 4 members (excludes halogenated alkanes) is 7. The van der Waals surface area contributed by atoms with Crippen LogP contribution in [0.4, 0.5) is 4.79 Å². The molecule has 1 aliphatic rings. The maximum atomic E-state index is 12.9. The van der Waals surface area contributed by atoms with E-state index in [1.807, 2.05) is 27.7 Å². The SMILES string of the molecule is CCCCCCCCCCNC(=O)N[C@H](C(=O)N[C@@H](CC(C)C)C(=O)[C@@]1(C)CO1)C(C)C. The Balaban J connectivity index is 2.43. The van der Waals surface area contributed by atoms with E-state index in [-0.39, 0.29) is 29.6 Å². The van der Waals surface area contributed by atoms with Crippen molar-refractivity contribution < 1.29 is 19.1 Å². The van der Waals surface area contributed by atoms with Crippen LogP contribution in [0.15, 0.2) is 0 Å². The van der Waals surface area contributed by atoms with Crippen molar-refractivity contribution in [3.05, 3.63) is 0 Å². The summed E-state index contributed by atoms with van der Waals surface area (Å²) in [5.41, 5.74) is -0.791. The minimum atomic E-state index is -0.791. The van der Waals surface area contributed by atoms with E-state index in [0.29, 0.717) is 19.6 Å². The summed E-state index contributed by atoms with van der Waals surface area (Å²) in [6.45, 7) is 12.8. The van der Waals surface area contributed by atoms with Crippen LogP contribution in [0.25, 0.3) is 0 Å². The molecule has 1 heterocycles. The first-order valence-electron chi connectivity index (χ1n) is 12.6. The van der Waals surface area contributed by atoms with Crippen molar-refractivity contribution >= 4 is 17.7 Å². The number of epoxide rings is 1. The van der Waals surface area contributed by atoms with Gasteiger partial charge in [-0.15, -0.1) is 0 Å². The molecule has 3 amide bonds. The van der Waals surface area contributed by atoms with Gasteiger partial charge < -0.3 is 20.7 Å². The number of ketones is 1. The predicted octanol–water partition coefficient (Wildman–Crippen LogP) is 4.34. The number of urea groups is 1. The number of nitrogens with one attached hydrogen (secondary N) is 3. The zero-order valence-electron chi connectivity index (χ0n) is 21.2. The summed E-state index contributed by atoms with van der Waals surface area (Å²) in [5.74, 6) is -0.287. The molecule has 0 bridgehead atoms. The number of carbonyl (C=O) groups excluding carboxylic acids is 3. The number of carbonyl (C=O) groups is 3. The second-order valence-electron chi connectivity index (χ2n) is 10.2. The molecule has 0 unspecified atom stereocenters. The Hall–Kier alpha value is -1.63. The molecule has 0 spiro atoms. The normalized spacial score (nSPS) is 19.5. The molecular weight excluding hydrogens is 406 g/mol. The van der Waals surface area contributed by atoms with Crippen LogP contribution in [0, 0.1) is 11.8 Å². The Bertz CT molecular complexity index is 588. The first-order chi connectivity index (χ1) is 15.1. The van der Waals surface area contributed by atoms with Crippen LogP contribution >= 0.6 is 0 Å². The van der Waals surface area contributed by atoms with E-state index in [2.05, 4.69) is 22.9 Å². The lowest BCUT2D eigenvalue weighted by atomic mass is 9.92. The van der Waals surface area contributed by atoms with Crippen LogP contribution in [0.1, 0.15) is 99.3 Å². The highest BCUT2D eigenvalue weighted by Gasteiger charge is 2.50. The lowest BCUT2D eigenvalue weighted by Crippen LogP contribution is -2.56. The third-order valence-corrected chi connectivity index (χ3v) is 5.99. The molecule has 0 aliphatic carbocycles. The summed E-state index contributed by atoms with van der Waals surface area (Å²) < 4.78 is 5.29. The predicted molar refractivity (Wildman–Crippen MR) is 129 cm³/mol. The Kier molecular flexibility index (Phi) is 12.9. The van der Waals surface area contributed by atoms with Crippen molar-refractivity contribution in [2.45, 2.75) is 117 Å². The van der Waals surface area contributed by atoms with Gasteiger partial charge in [-0.3, -0.25) is 9.59 Å². The van der Waals surface area contributed by atoms with Gasteiger partial charge in [0.05, 0.1) is 12.6 Å². The second kappa shape index (κ2) is 14.5. The maximum absolute atomic E-state index is 12.9. The largest absolute Gasteiger partial charge is 0.361 e. The molecule has 1 rings (SSSR count). The van der Waals surface area contributed by atoms with Gasteiger partial charge in [0.1, 0.15) is 11.6 Å². The zero-order valence-corrected chi connectivity index (χ0v) is 21.2. The van der Waals surface area contributed by atoms with Crippen LogP contribution in [0.3, 0.4) is 0 Å². The zero-order chi connectivity index (χ0) is 24.1. The van der Waals surface area contributed by atoms with Crippen molar-refractivity contribution in [3.63, 3.8) is 0 Å². The molecule has 186 valence electrons. The number of Topliss-reactive ketones (excluding diaryl/α,β-unsaturated/α-hetero) is 1. The maximum Gasteiger partial charge on any atom is 0.315 e. The van der Waals surface area contributed by atoms with Gasteiger partial charge in [0.15, 0.2) is 5.78 Å². The monoisotopic (exact) mass is 453 g/mol. The van der Waals surface area contributed by atoms with E-state index in [1.54, 1.807) is 6.92 Å². The minimum absolute atomic E-state index is 0.0961. The van der Waals surface area contributed by atoms with Gasteiger partial charge in [0.25, 0.3) is 0 Å². The van der Waals surface area contributed by atoms with E-state index in [9.17, 15) is 14.4 Å². The summed E-state index contributed by atoms with van der Waals surface area (Å²) >= 11 is 0. The molecule has 0 aromatic carbocycles. The molecule has 1 fully saturated rings. The van der Waals surface area contributed by atoms with E-state index in [4.69, 9.17) is 4.74 Å². The van der Waals surface area contributed by atoms with Gasteiger partial charge >= 0.3 is 6.03 Å². The Morgan fingerprint density at radius 3 is 1.97 bits per heavy atom. The average Bonchev–Trinajstić information content (AvgIpc) is 3.47. The molecular formula is C25H47N3O4. The molecule has 0 radical (unpaired) electrons. The smallest absolute Gasteiger partial charge is 0.315 e. The van der Waals surface area contributed by atoms with Crippen molar-refractivity contribution in [2.75, 3.05) is 13.2 Å². The van der Waals surface area contributed by atoms with Crippen molar-refractivity contribution in [2.24, 2.45) is 11.8 Å². The standard InChI is InChI=1S/C25H47N3O4/c1-7-8-9-10-11-12-13-14-15-26-24(31)28-21(19(4)5)23(30)27-20(16-18(2)3)22(29)25(6)17-32-25/h18-21H,7-17H2,1-6H3,(H,27,30)(H2,26,28,31)/t20-,21-,25+/m0/s1. The first kappa shape index (κ1) is 28.4. The topological polar surface area (TPSA) is 99.8 Å². The summed E-state index contributed by atoms with van der Waals surface area (Å²) in [6, 6.07) is -1.66. The van der Waals surface area contributed by atoms with E-state index in [1.165, 1.54) is 38.5 Å². The van der Waals surface area contributed by atoms with Gasteiger partial charge in [-0.2, -0.15) is 0 Å². The van der Waals surface area contributed by atoms with Crippen molar-refractivity contribution in [1.29, 1.82) is 0 Å². The summed E-state index contributed by atoms with van der Waals surface area (Å²) in [5, 5.41) is 8.52. The number of hydrogen-bond acceptors (Lipinski definition) is 4. The first-order valence-corrected chi connectivity index (χ1v) is 12.6. The molecule has 3 N–H and O–H groups in total. The lowest BCUT2D eigenvalue weighted by molar-refractivity contribution is -0.132. The number of ether oxygens (including phenoxy) is 1. The van der Waals surface area contributed by atoms with Gasteiger partial charge in [-0.05, 0) is 31.6 Å². The van der Waals surface area contributed by atoms with E-state index < -0.39 is 17.7 Å². The highest BCUT2D eigenvalue weighted by molar-refractivity contribution is 5.97. The molecule has 7 nitrogen and oxygen atoms in total. The molecule has 0 aromatic rings. The fourth-order valence-corrected chi connectivity index (χ4v) is 3.77. The molecule has 32 heavy (non-hydrogen) atoms. The fourth-order valence-electron chi connectivity index (χ4n) is 3.77. The molecule has 0 aromatic heterocycles. The van der Waals surface area contributed by atoms with Crippen LogP contribution in [-0.2, 0) is 14.3 Å². The highest BCUT2D eigenvalue weighted by atomic mass is 16.6. The van der Waals surface area contributed by atoms with Crippen molar-refractivity contribution in [1.82, 2.24) is 16.0 Å². The molecule has 7 heteroatoms. The van der Waals surface area contributed by atoms with Gasteiger partial charge in [0, 0.05) is 6.54 Å². The highest BCUT2D eigenvalue weighted by Crippen LogP contribution is 2.29. The minimum Gasteiger partial charge on any atom is -0.361 e. The molecule has 0 saturated carbocycles. The van der Waals surface area contributed by atoms with Gasteiger partial charge in [0.2, 0.25) is 5.91 Å². The lowest BCUT2D eigenvalue weighted by Gasteiger charge is -2.26. The van der Waals surface area contributed by atoms with Gasteiger partial charge in [-0.25, -0.2) is 4.79 Å². The third-order valence-electron chi connectivity index (χ3n) is 5.99. The summed E-state index contributed by atoms with van der Waals surface area (Å²) in [7, 11) is 0. The molecule has 3 atom stereocenters. The Labute approximate surface area is 195 Å². The Morgan fingerprint density at radius 1 is 0.906 bits per heavy atom. The summed E-state index contributed by atoms with van der Waals surface area (Å²) in [4.78, 5) is 38.1. The van der Waals surface area contributed by atoms with Crippen LogP contribution in [0.2, 0.25) is 0 Å². The third kappa shape index (κ3) is 10.8. The number of rotatable bonds is 17. The summed E-state index contributed by atoms with van der Waals surface area (Å²) in [6.07, 6.45) is 10.2. The van der Waals surface area contributed by atoms with Crippen LogP contribution < -0.4 is 16.0 Å². The van der Waals surface area contributed by atoms with Crippen LogP contribution in [-0.4, -0.2) is 48.6 Å². The van der Waals surface area contributed by atoms with Crippen LogP contribution in [0.5, 0.6) is 0 Å². The number of hydrogen-bond donors (Lipinski definition) is 3. The number of amides is 3.